The Kier molecular flexibility index (Phi) is 3.93. The van der Waals surface area contributed by atoms with Crippen molar-refractivity contribution in [3.8, 4) is 0 Å². The van der Waals surface area contributed by atoms with Gasteiger partial charge in [0.05, 0.1) is 12.0 Å². The van der Waals surface area contributed by atoms with E-state index in [0.29, 0.717) is 12.5 Å². The number of thiazole rings is 1. The Morgan fingerprint density at radius 2 is 2.00 bits per heavy atom. The van der Waals surface area contributed by atoms with Gasteiger partial charge in [-0.05, 0) is 75.5 Å². The lowest BCUT2D eigenvalue weighted by Gasteiger charge is -2.29. The van der Waals surface area contributed by atoms with Gasteiger partial charge in [-0.3, -0.25) is 4.79 Å². The molecule has 0 spiro atoms. The number of aryl methyl sites for hydroxylation is 1. The van der Waals surface area contributed by atoms with Crippen LogP contribution in [0.5, 0.6) is 0 Å². The van der Waals surface area contributed by atoms with E-state index < -0.39 is 0 Å². The molecule has 1 aromatic rings. The normalized spacial score (nSPS) is 36.2. The van der Waals surface area contributed by atoms with Crippen LogP contribution in [0.3, 0.4) is 0 Å². The van der Waals surface area contributed by atoms with Crippen LogP contribution in [0.1, 0.15) is 55.5 Å². The lowest BCUT2D eigenvalue weighted by Crippen LogP contribution is -2.33. The molecule has 0 aliphatic heterocycles. The maximum Gasteiger partial charge on any atom is 0.254 e. The molecule has 4 bridgehead atoms. The summed E-state index contributed by atoms with van der Waals surface area (Å²) < 4.78 is 7.60. The molecule has 2 atom stereocenters. The molecule has 4 nitrogen and oxygen atoms in total. The summed E-state index contributed by atoms with van der Waals surface area (Å²) in [7, 11) is 1.74. The van der Waals surface area contributed by atoms with Crippen molar-refractivity contribution in [1.82, 2.24) is 4.57 Å². The van der Waals surface area contributed by atoms with E-state index in [1.807, 2.05) is 0 Å². The van der Waals surface area contributed by atoms with E-state index in [1.165, 1.54) is 42.7 Å². The van der Waals surface area contributed by atoms with Crippen molar-refractivity contribution >= 4 is 17.2 Å². The van der Waals surface area contributed by atoms with Gasteiger partial charge in [0.25, 0.3) is 5.91 Å². The second kappa shape index (κ2) is 6.05. The molecule has 2 unspecified atom stereocenters. The molecule has 0 radical (unpaired) electrons. The minimum absolute atomic E-state index is 0.100. The largest absolute Gasteiger partial charge is 0.383 e. The highest BCUT2D eigenvalue weighted by Crippen LogP contribution is 2.65. The number of hydrogen-bond acceptors (Lipinski definition) is 3. The highest BCUT2D eigenvalue weighted by molar-refractivity contribution is 7.09. The molecule has 4 fully saturated rings. The van der Waals surface area contributed by atoms with Crippen LogP contribution in [0.15, 0.2) is 4.99 Å². The van der Waals surface area contributed by atoms with Gasteiger partial charge in [0.1, 0.15) is 0 Å². The van der Waals surface area contributed by atoms with E-state index in [-0.39, 0.29) is 11.3 Å². The first kappa shape index (κ1) is 16.2. The third-order valence-corrected chi connectivity index (χ3v) is 8.47. The Labute approximate surface area is 153 Å². The first-order valence-corrected chi connectivity index (χ1v) is 10.8. The van der Waals surface area contributed by atoms with Crippen molar-refractivity contribution in [3.63, 3.8) is 0 Å². The number of rotatable bonds is 4. The third kappa shape index (κ3) is 2.49. The topological polar surface area (TPSA) is 43.6 Å². The average molecular weight is 361 g/mol. The SMILES string of the molecule is COCCn1c2c(s/c1=N\C(=O)C13CC4CC(CC1C4)C3)CCCC2. The van der Waals surface area contributed by atoms with E-state index in [2.05, 4.69) is 4.57 Å². The van der Waals surface area contributed by atoms with Gasteiger partial charge in [-0.15, -0.1) is 11.3 Å². The van der Waals surface area contributed by atoms with Crippen molar-refractivity contribution in [3.05, 3.63) is 15.4 Å². The molecule has 136 valence electrons. The molecule has 1 aromatic heterocycles. The summed E-state index contributed by atoms with van der Waals surface area (Å²) in [5.74, 6) is 2.42. The predicted octanol–water partition coefficient (Wildman–Crippen LogP) is 3.33. The Bertz CT molecular complexity index is 748. The average Bonchev–Trinajstić information content (AvgIpc) is 3.17. The molecular weight excluding hydrogens is 332 g/mol. The van der Waals surface area contributed by atoms with Gasteiger partial charge < -0.3 is 9.30 Å². The molecule has 1 heterocycles. The van der Waals surface area contributed by atoms with Crippen molar-refractivity contribution in [2.24, 2.45) is 28.2 Å². The fourth-order valence-corrected chi connectivity index (χ4v) is 7.62. The van der Waals surface area contributed by atoms with Crippen molar-refractivity contribution < 1.29 is 9.53 Å². The Morgan fingerprint density at radius 3 is 2.76 bits per heavy atom. The van der Waals surface area contributed by atoms with Gasteiger partial charge in [-0.25, -0.2) is 0 Å². The Hall–Kier alpha value is -0.940. The van der Waals surface area contributed by atoms with Crippen LogP contribution in [0.4, 0.5) is 0 Å². The van der Waals surface area contributed by atoms with E-state index in [4.69, 9.17) is 9.73 Å². The lowest BCUT2D eigenvalue weighted by molar-refractivity contribution is -0.129. The van der Waals surface area contributed by atoms with Crippen molar-refractivity contribution in [2.75, 3.05) is 13.7 Å². The smallest absolute Gasteiger partial charge is 0.254 e. The summed E-state index contributed by atoms with van der Waals surface area (Å²) in [5, 5.41) is 0. The Balaban J connectivity index is 1.52. The summed E-state index contributed by atoms with van der Waals surface area (Å²) in [6, 6.07) is 0. The molecule has 1 amide bonds. The molecule has 0 N–H and O–H groups in total. The minimum atomic E-state index is -0.100. The molecular formula is C20H28N2O2S. The van der Waals surface area contributed by atoms with E-state index in [0.717, 1.165) is 48.9 Å². The number of hydrogen-bond donors (Lipinski definition) is 0. The van der Waals surface area contributed by atoms with Gasteiger partial charge >= 0.3 is 0 Å². The number of aromatic nitrogens is 1. The number of fused-ring (bicyclic) bond motifs is 1. The lowest BCUT2D eigenvalue weighted by atomic mass is 9.75. The standard InChI is InChI=1S/C20H28N2O2S/c1-24-7-6-22-16-4-2-3-5-17(16)25-19(22)21-18(23)20-11-13-8-14(12-20)10-15(20)9-13/h13-15H,2-12H2,1H3/b21-19-. The number of amides is 1. The van der Waals surface area contributed by atoms with Gasteiger partial charge in [0, 0.05) is 24.2 Å². The van der Waals surface area contributed by atoms with Crippen LogP contribution in [0.25, 0.3) is 0 Å². The van der Waals surface area contributed by atoms with Gasteiger partial charge in [-0.2, -0.15) is 4.99 Å². The van der Waals surface area contributed by atoms with Crippen LogP contribution in [0.2, 0.25) is 0 Å². The van der Waals surface area contributed by atoms with Crippen LogP contribution in [0, 0.1) is 23.2 Å². The Morgan fingerprint density at radius 1 is 1.24 bits per heavy atom. The number of carbonyl (C=O) groups excluding carboxylic acids is 1. The first-order valence-electron chi connectivity index (χ1n) is 9.99. The second-order valence-corrected chi connectivity index (χ2v) is 9.79. The predicted molar refractivity (Wildman–Crippen MR) is 97.4 cm³/mol. The van der Waals surface area contributed by atoms with Gasteiger partial charge in [-0.1, -0.05) is 0 Å². The number of nitrogens with zero attached hydrogens (tertiary/aromatic N) is 2. The molecule has 6 rings (SSSR count). The van der Waals surface area contributed by atoms with Gasteiger partial charge in [0.2, 0.25) is 0 Å². The zero-order chi connectivity index (χ0) is 17.0. The zero-order valence-corrected chi connectivity index (χ0v) is 15.9. The zero-order valence-electron chi connectivity index (χ0n) is 15.1. The quantitative estimate of drug-likeness (QED) is 0.827. The highest BCUT2D eigenvalue weighted by atomic mass is 32.1. The van der Waals surface area contributed by atoms with E-state index in [9.17, 15) is 4.79 Å². The third-order valence-electron chi connectivity index (χ3n) is 7.29. The molecule has 5 heteroatoms. The number of ether oxygens (including phenoxy) is 1. The highest BCUT2D eigenvalue weighted by Gasteiger charge is 2.61. The fraction of sp³-hybridized carbons (Fsp3) is 0.800. The molecule has 5 aliphatic carbocycles. The summed E-state index contributed by atoms with van der Waals surface area (Å²) >= 11 is 1.76. The van der Waals surface area contributed by atoms with Crippen LogP contribution >= 0.6 is 11.3 Å². The molecule has 0 saturated heterocycles. The summed E-state index contributed by atoms with van der Waals surface area (Å²) in [4.78, 5) is 20.5. The monoisotopic (exact) mass is 360 g/mol. The second-order valence-electron chi connectivity index (χ2n) is 8.72. The number of methoxy groups -OCH3 is 1. The molecule has 25 heavy (non-hydrogen) atoms. The fourth-order valence-electron chi connectivity index (χ4n) is 6.38. The molecule has 0 aromatic carbocycles. The van der Waals surface area contributed by atoms with E-state index >= 15 is 0 Å². The van der Waals surface area contributed by atoms with E-state index in [1.54, 1.807) is 18.4 Å². The maximum atomic E-state index is 13.3. The van der Waals surface area contributed by atoms with Crippen molar-refractivity contribution in [2.45, 2.75) is 64.3 Å². The number of carbonyl (C=O) groups is 1. The summed E-state index contributed by atoms with van der Waals surface area (Å²) in [6.45, 7) is 1.50. The molecule has 5 aliphatic rings. The van der Waals surface area contributed by atoms with Crippen LogP contribution in [-0.4, -0.2) is 24.2 Å². The summed E-state index contributed by atoms with van der Waals surface area (Å²) in [5.41, 5.74) is 1.31. The molecule has 4 saturated carbocycles. The van der Waals surface area contributed by atoms with Crippen LogP contribution in [-0.2, 0) is 28.9 Å². The maximum absolute atomic E-state index is 13.3. The minimum Gasteiger partial charge on any atom is -0.383 e. The first-order chi connectivity index (χ1) is 12.2. The van der Waals surface area contributed by atoms with Gasteiger partial charge in [0.15, 0.2) is 4.80 Å². The van der Waals surface area contributed by atoms with Crippen LogP contribution < -0.4 is 4.80 Å². The van der Waals surface area contributed by atoms with Crippen molar-refractivity contribution in [1.29, 1.82) is 0 Å². The summed E-state index contributed by atoms with van der Waals surface area (Å²) in [6.07, 6.45) is 10.9.